The van der Waals surface area contributed by atoms with E-state index in [1.54, 1.807) is 6.92 Å². The van der Waals surface area contributed by atoms with E-state index in [4.69, 9.17) is 0 Å². The molecule has 26 heavy (non-hydrogen) atoms. The Hall–Kier alpha value is -2.56. The summed E-state index contributed by atoms with van der Waals surface area (Å²) in [5, 5.41) is 2.71. The fourth-order valence-electron chi connectivity index (χ4n) is 3.30. The zero-order chi connectivity index (χ0) is 18.7. The second kappa shape index (κ2) is 7.77. The topological polar surface area (TPSA) is 46.2 Å². The van der Waals surface area contributed by atoms with Crippen LogP contribution in [0.25, 0.3) is 0 Å². The number of rotatable bonds is 6. The summed E-state index contributed by atoms with van der Waals surface area (Å²) < 4.78 is 26.3. The minimum absolute atomic E-state index is 0.0595. The molecule has 0 aliphatic heterocycles. The number of benzene rings is 2. The summed E-state index contributed by atoms with van der Waals surface area (Å²) in [6.07, 6.45) is 3.37. The normalized spacial score (nSPS) is 14.0. The number of amides is 1. The lowest BCUT2D eigenvalue weighted by atomic mass is 10.0. The highest BCUT2D eigenvalue weighted by Gasteiger charge is 2.16. The van der Waals surface area contributed by atoms with Crippen LogP contribution in [0.4, 0.5) is 8.78 Å². The third kappa shape index (κ3) is 4.15. The number of carbonyl (C=O) groups is 2. The van der Waals surface area contributed by atoms with Crippen LogP contribution in [0.5, 0.6) is 0 Å². The van der Waals surface area contributed by atoms with E-state index >= 15 is 0 Å². The van der Waals surface area contributed by atoms with Gasteiger partial charge in [-0.05, 0) is 61.1 Å². The maximum atomic E-state index is 13.3. The van der Waals surface area contributed by atoms with Gasteiger partial charge in [-0.3, -0.25) is 9.59 Å². The minimum atomic E-state index is -0.949. The molecule has 0 heterocycles. The number of hydrogen-bond donors (Lipinski definition) is 1. The van der Waals surface area contributed by atoms with E-state index in [0.717, 1.165) is 31.4 Å². The molecule has 0 saturated heterocycles. The van der Waals surface area contributed by atoms with Crippen molar-refractivity contribution in [3.63, 3.8) is 0 Å². The number of aryl methyl sites for hydroxylation is 2. The van der Waals surface area contributed by atoms with E-state index in [1.165, 1.54) is 17.2 Å². The molecule has 1 aliphatic rings. The largest absolute Gasteiger partial charge is 0.350 e. The van der Waals surface area contributed by atoms with Crippen molar-refractivity contribution >= 4 is 11.7 Å². The van der Waals surface area contributed by atoms with Crippen LogP contribution in [-0.2, 0) is 17.6 Å². The molecule has 1 atom stereocenters. The molecular formula is C21H21F2NO2. The van der Waals surface area contributed by atoms with Crippen LogP contribution >= 0.6 is 0 Å². The summed E-state index contributed by atoms with van der Waals surface area (Å²) in [5.74, 6) is -2.23. The molecule has 1 N–H and O–H groups in total. The molecule has 2 aromatic carbocycles. The molecule has 0 aromatic heterocycles. The molecule has 5 heteroatoms. The minimum Gasteiger partial charge on any atom is -0.350 e. The van der Waals surface area contributed by atoms with Gasteiger partial charge in [-0.15, -0.1) is 0 Å². The fraction of sp³-hybridized carbons (Fsp3) is 0.333. The Morgan fingerprint density at radius 1 is 1.00 bits per heavy atom. The smallest absolute Gasteiger partial charge is 0.220 e. The Morgan fingerprint density at radius 2 is 1.77 bits per heavy atom. The van der Waals surface area contributed by atoms with Crippen LogP contribution in [-0.4, -0.2) is 11.7 Å². The number of hydrogen-bond acceptors (Lipinski definition) is 2. The molecule has 1 aliphatic carbocycles. The van der Waals surface area contributed by atoms with Crippen molar-refractivity contribution in [3.8, 4) is 0 Å². The monoisotopic (exact) mass is 357 g/mol. The molecule has 0 radical (unpaired) electrons. The summed E-state index contributed by atoms with van der Waals surface area (Å²) in [7, 11) is 0. The van der Waals surface area contributed by atoms with E-state index in [0.29, 0.717) is 11.1 Å². The van der Waals surface area contributed by atoms with E-state index in [2.05, 4.69) is 5.32 Å². The summed E-state index contributed by atoms with van der Waals surface area (Å²) in [5.41, 5.74) is 3.65. The first-order valence-corrected chi connectivity index (χ1v) is 8.83. The van der Waals surface area contributed by atoms with Gasteiger partial charge in [-0.2, -0.15) is 0 Å². The van der Waals surface area contributed by atoms with Crippen molar-refractivity contribution < 1.29 is 18.4 Å². The molecule has 136 valence electrons. The highest BCUT2D eigenvalue weighted by atomic mass is 19.2. The van der Waals surface area contributed by atoms with Gasteiger partial charge in [0.15, 0.2) is 17.4 Å². The van der Waals surface area contributed by atoms with Crippen LogP contribution in [0.1, 0.15) is 59.3 Å². The van der Waals surface area contributed by atoms with Gasteiger partial charge >= 0.3 is 0 Å². The molecule has 1 amide bonds. The lowest BCUT2D eigenvalue weighted by molar-refractivity contribution is -0.121. The molecule has 0 fully saturated rings. The quantitative estimate of drug-likeness (QED) is 0.784. The second-order valence-corrected chi connectivity index (χ2v) is 6.72. The Kier molecular flexibility index (Phi) is 5.45. The number of carbonyl (C=O) groups excluding carboxylic acids is 2. The number of halogens is 2. The van der Waals surface area contributed by atoms with Crippen LogP contribution in [0.2, 0.25) is 0 Å². The average Bonchev–Trinajstić information content (AvgIpc) is 3.09. The standard InChI is InChI=1S/C21H21F2NO2/c1-13(15-7-8-18(22)19(23)12-15)24-21(26)10-9-20(25)17-6-5-14-3-2-4-16(14)11-17/h5-8,11-13H,2-4,9-10H2,1H3,(H,24,26)/t13-/m0/s1. The van der Waals surface area contributed by atoms with Gasteiger partial charge < -0.3 is 5.32 Å². The van der Waals surface area contributed by atoms with Crippen molar-refractivity contribution in [3.05, 3.63) is 70.3 Å². The van der Waals surface area contributed by atoms with Gasteiger partial charge in [0.1, 0.15) is 0 Å². The molecule has 0 unspecified atom stereocenters. The Morgan fingerprint density at radius 3 is 2.54 bits per heavy atom. The Labute approximate surface area is 151 Å². The van der Waals surface area contributed by atoms with E-state index in [1.807, 2.05) is 18.2 Å². The highest BCUT2D eigenvalue weighted by Crippen LogP contribution is 2.23. The first-order chi connectivity index (χ1) is 12.4. The zero-order valence-electron chi connectivity index (χ0n) is 14.6. The number of nitrogens with one attached hydrogen (secondary N) is 1. The molecule has 3 rings (SSSR count). The molecule has 0 saturated carbocycles. The van der Waals surface area contributed by atoms with Crippen LogP contribution in [0.3, 0.4) is 0 Å². The van der Waals surface area contributed by atoms with Gasteiger partial charge in [0.05, 0.1) is 6.04 Å². The number of Topliss-reactive ketones (excluding diaryl/α,β-unsaturated/α-hetero) is 1. The average molecular weight is 357 g/mol. The number of ketones is 1. The molecule has 3 nitrogen and oxygen atoms in total. The summed E-state index contributed by atoms with van der Waals surface area (Å²) in [6, 6.07) is 8.83. The van der Waals surface area contributed by atoms with Gasteiger partial charge in [-0.1, -0.05) is 18.2 Å². The zero-order valence-corrected chi connectivity index (χ0v) is 14.6. The van der Waals surface area contributed by atoms with Crippen LogP contribution < -0.4 is 5.32 Å². The van der Waals surface area contributed by atoms with E-state index in [9.17, 15) is 18.4 Å². The van der Waals surface area contributed by atoms with Crippen LogP contribution in [0, 0.1) is 11.6 Å². The van der Waals surface area contributed by atoms with E-state index < -0.39 is 17.7 Å². The predicted octanol–water partition coefficient (Wildman–Crippen LogP) is 4.29. The van der Waals surface area contributed by atoms with Crippen molar-refractivity contribution in [1.82, 2.24) is 5.32 Å². The van der Waals surface area contributed by atoms with Crippen molar-refractivity contribution in [1.29, 1.82) is 0 Å². The summed E-state index contributed by atoms with van der Waals surface area (Å²) in [6.45, 7) is 1.69. The maximum Gasteiger partial charge on any atom is 0.220 e. The van der Waals surface area contributed by atoms with E-state index in [-0.39, 0.29) is 24.5 Å². The first kappa shape index (κ1) is 18.2. The predicted molar refractivity (Wildman–Crippen MR) is 94.9 cm³/mol. The summed E-state index contributed by atoms with van der Waals surface area (Å²) in [4.78, 5) is 24.4. The van der Waals surface area contributed by atoms with Crippen molar-refractivity contribution in [2.24, 2.45) is 0 Å². The maximum absolute atomic E-state index is 13.3. The molecule has 0 spiro atoms. The van der Waals surface area contributed by atoms with Crippen molar-refractivity contribution in [2.75, 3.05) is 0 Å². The van der Waals surface area contributed by atoms with Gasteiger partial charge in [0, 0.05) is 18.4 Å². The SMILES string of the molecule is C[C@H](NC(=O)CCC(=O)c1ccc2c(c1)CCC2)c1ccc(F)c(F)c1. The Bertz CT molecular complexity index is 848. The Balaban J connectivity index is 1.53. The van der Waals surface area contributed by atoms with Gasteiger partial charge in [0.25, 0.3) is 0 Å². The second-order valence-electron chi connectivity index (χ2n) is 6.72. The lowest BCUT2D eigenvalue weighted by Crippen LogP contribution is -2.27. The fourth-order valence-corrected chi connectivity index (χ4v) is 3.30. The highest BCUT2D eigenvalue weighted by molar-refractivity contribution is 5.98. The molecule has 2 aromatic rings. The molecule has 0 bridgehead atoms. The summed E-state index contributed by atoms with van der Waals surface area (Å²) >= 11 is 0. The third-order valence-corrected chi connectivity index (χ3v) is 4.82. The number of fused-ring (bicyclic) bond motifs is 1. The van der Waals surface area contributed by atoms with Crippen molar-refractivity contribution in [2.45, 2.75) is 45.1 Å². The van der Waals surface area contributed by atoms with Gasteiger partial charge in [0.2, 0.25) is 5.91 Å². The third-order valence-electron chi connectivity index (χ3n) is 4.82. The first-order valence-electron chi connectivity index (χ1n) is 8.83. The van der Waals surface area contributed by atoms with Gasteiger partial charge in [-0.25, -0.2) is 8.78 Å². The molecular weight excluding hydrogens is 336 g/mol. The lowest BCUT2D eigenvalue weighted by Gasteiger charge is -2.14. The van der Waals surface area contributed by atoms with Crippen LogP contribution in [0.15, 0.2) is 36.4 Å².